The Morgan fingerprint density at radius 1 is 1.06 bits per heavy atom. The van der Waals surface area contributed by atoms with Gasteiger partial charge in [-0.1, -0.05) is 35.5 Å². The highest BCUT2D eigenvalue weighted by Gasteiger charge is 2.19. The molecule has 2 heterocycles. The van der Waals surface area contributed by atoms with Crippen LogP contribution in [0.2, 0.25) is 0 Å². The lowest BCUT2D eigenvalue weighted by molar-refractivity contribution is -0.113. The van der Waals surface area contributed by atoms with Gasteiger partial charge in [-0.3, -0.25) is 14.3 Å². The molecule has 1 amide bonds. The molecule has 8 heteroatoms. The number of rotatable bonds is 7. The summed E-state index contributed by atoms with van der Waals surface area (Å²) >= 11 is 1.33. The lowest BCUT2D eigenvalue weighted by Gasteiger charge is -2.13. The molecule has 0 fully saturated rings. The van der Waals surface area contributed by atoms with Crippen LogP contribution in [0, 0.1) is 13.8 Å². The average Bonchev–Trinajstić information content (AvgIpc) is 3.22. The Kier molecular flexibility index (Phi) is 6.51. The van der Waals surface area contributed by atoms with Gasteiger partial charge in [0.2, 0.25) is 5.91 Å². The zero-order valence-corrected chi connectivity index (χ0v) is 18.9. The second kappa shape index (κ2) is 9.65. The molecule has 0 atom stereocenters. The van der Waals surface area contributed by atoms with Gasteiger partial charge in [0.15, 0.2) is 11.0 Å². The number of carbonyl (C=O) groups excluding carboxylic acids is 1. The number of methoxy groups -OCH3 is 1. The Bertz CT molecular complexity index is 1220. The minimum Gasteiger partial charge on any atom is -0.497 e. The molecule has 0 bridgehead atoms. The highest BCUT2D eigenvalue weighted by atomic mass is 32.2. The van der Waals surface area contributed by atoms with E-state index in [0.717, 1.165) is 22.7 Å². The highest BCUT2D eigenvalue weighted by molar-refractivity contribution is 7.99. The molecule has 2 aromatic carbocycles. The number of hydrogen-bond acceptors (Lipinski definition) is 6. The van der Waals surface area contributed by atoms with E-state index >= 15 is 0 Å². The minimum absolute atomic E-state index is 0.130. The van der Waals surface area contributed by atoms with E-state index in [0.29, 0.717) is 16.7 Å². The number of amides is 1. The zero-order chi connectivity index (χ0) is 22.5. The lowest BCUT2D eigenvalue weighted by Crippen LogP contribution is -2.14. The van der Waals surface area contributed by atoms with Gasteiger partial charge in [0, 0.05) is 11.9 Å². The van der Waals surface area contributed by atoms with Gasteiger partial charge >= 0.3 is 0 Å². The second-order valence-electron chi connectivity index (χ2n) is 7.21. The maximum atomic E-state index is 12.5. The molecule has 0 aliphatic heterocycles. The second-order valence-corrected chi connectivity index (χ2v) is 8.15. The van der Waals surface area contributed by atoms with Crippen LogP contribution in [0.1, 0.15) is 11.1 Å². The molecule has 0 spiro atoms. The van der Waals surface area contributed by atoms with Gasteiger partial charge in [-0.25, -0.2) is 0 Å². The fourth-order valence-corrected chi connectivity index (χ4v) is 4.04. The summed E-state index contributed by atoms with van der Waals surface area (Å²) in [5, 5.41) is 12.3. The van der Waals surface area contributed by atoms with Gasteiger partial charge in [-0.05, 0) is 61.9 Å². The number of nitrogens with zero attached hydrogens (tertiary/aromatic N) is 4. The van der Waals surface area contributed by atoms with Crippen molar-refractivity contribution in [2.24, 2.45) is 0 Å². The minimum atomic E-state index is -0.130. The van der Waals surface area contributed by atoms with E-state index in [1.165, 1.54) is 17.3 Å². The van der Waals surface area contributed by atoms with Crippen LogP contribution < -0.4 is 10.1 Å². The van der Waals surface area contributed by atoms with Gasteiger partial charge in [0.1, 0.15) is 11.4 Å². The Morgan fingerprint density at radius 2 is 1.88 bits per heavy atom. The molecule has 0 aliphatic carbocycles. The average molecular weight is 446 g/mol. The number of benzene rings is 2. The predicted molar refractivity (Wildman–Crippen MR) is 126 cm³/mol. The summed E-state index contributed by atoms with van der Waals surface area (Å²) in [5.74, 6) is 1.43. The van der Waals surface area contributed by atoms with E-state index in [9.17, 15) is 4.79 Å². The number of aryl methyl sites for hydroxylation is 2. The maximum Gasteiger partial charge on any atom is 0.234 e. The monoisotopic (exact) mass is 445 g/mol. The van der Waals surface area contributed by atoms with Crippen molar-refractivity contribution in [3.05, 3.63) is 78.0 Å². The summed E-state index contributed by atoms with van der Waals surface area (Å²) < 4.78 is 7.11. The summed E-state index contributed by atoms with van der Waals surface area (Å²) in [6, 6.07) is 19.1. The van der Waals surface area contributed by atoms with Crippen LogP contribution in [-0.2, 0) is 4.79 Å². The van der Waals surface area contributed by atoms with Crippen LogP contribution in [0.25, 0.3) is 17.2 Å². The summed E-state index contributed by atoms with van der Waals surface area (Å²) in [6.45, 7) is 4.11. The molecule has 0 unspecified atom stereocenters. The number of hydrogen-bond donors (Lipinski definition) is 1. The summed E-state index contributed by atoms with van der Waals surface area (Å²) in [6.07, 6.45) is 1.73. The van der Waals surface area contributed by atoms with Crippen molar-refractivity contribution in [3.63, 3.8) is 0 Å². The van der Waals surface area contributed by atoms with Crippen LogP contribution in [0.4, 0.5) is 5.69 Å². The zero-order valence-electron chi connectivity index (χ0n) is 18.1. The normalized spacial score (nSPS) is 10.7. The topological polar surface area (TPSA) is 81.9 Å². The molecule has 2 aromatic heterocycles. The predicted octanol–water partition coefficient (Wildman–Crippen LogP) is 4.69. The molecule has 4 aromatic rings. The third-order valence-corrected chi connectivity index (χ3v) is 5.76. The number of nitrogens with one attached hydrogen (secondary N) is 1. The molecular weight excluding hydrogens is 422 g/mol. The number of carbonyl (C=O) groups is 1. The number of thioether (sulfide) groups is 1. The molecule has 32 heavy (non-hydrogen) atoms. The van der Waals surface area contributed by atoms with Crippen LogP contribution >= 0.6 is 11.8 Å². The first kappa shape index (κ1) is 21.6. The molecule has 162 valence electrons. The Labute approximate surface area is 190 Å². The van der Waals surface area contributed by atoms with Crippen LogP contribution in [0.3, 0.4) is 0 Å². The van der Waals surface area contributed by atoms with E-state index in [-0.39, 0.29) is 11.7 Å². The lowest BCUT2D eigenvalue weighted by atomic mass is 10.1. The first-order chi connectivity index (χ1) is 15.5. The van der Waals surface area contributed by atoms with Crippen LogP contribution in [0.15, 0.2) is 72.0 Å². The number of pyridine rings is 1. The van der Waals surface area contributed by atoms with Crippen LogP contribution in [-0.4, -0.2) is 38.5 Å². The Balaban J connectivity index is 1.59. The van der Waals surface area contributed by atoms with Crippen molar-refractivity contribution < 1.29 is 9.53 Å². The molecule has 1 N–H and O–H groups in total. The van der Waals surface area contributed by atoms with E-state index in [1.54, 1.807) is 37.6 Å². The van der Waals surface area contributed by atoms with Gasteiger partial charge in [0.05, 0.1) is 18.6 Å². The molecule has 0 radical (unpaired) electrons. The third kappa shape index (κ3) is 4.81. The van der Waals surface area contributed by atoms with Crippen molar-refractivity contribution >= 4 is 23.4 Å². The summed E-state index contributed by atoms with van der Waals surface area (Å²) in [5.41, 5.74) is 4.65. The van der Waals surface area contributed by atoms with Gasteiger partial charge in [-0.15, -0.1) is 10.2 Å². The van der Waals surface area contributed by atoms with E-state index in [4.69, 9.17) is 4.74 Å². The van der Waals surface area contributed by atoms with Crippen LogP contribution in [0.5, 0.6) is 5.75 Å². The van der Waals surface area contributed by atoms with Crippen molar-refractivity contribution in [2.45, 2.75) is 19.0 Å². The van der Waals surface area contributed by atoms with E-state index in [2.05, 4.69) is 46.5 Å². The number of ether oxygens (including phenoxy) is 1. The summed E-state index contributed by atoms with van der Waals surface area (Å²) in [7, 11) is 1.61. The Hall–Kier alpha value is -3.65. The van der Waals surface area contributed by atoms with Gasteiger partial charge in [0.25, 0.3) is 0 Å². The fourth-order valence-electron chi connectivity index (χ4n) is 3.30. The van der Waals surface area contributed by atoms with Crippen molar-refractivity contribution in [3.8, 4) is 23.0 Å². The fraction of sp³-hybridized carbons (Fsp3) is 0.167. The van der Waals surface area contributed by atoms with Crippen molar-refractivity contribution in [2.75, 3.05) is 18.2 Å². The third-order valence-electron chi connectivity index (χ3n) is 4.83. The van der Waals surface area contributed by atoms with E-state index in [1.807, 2.05) is 28.8 Å². The summed E-state index contributed by atoms with van der Waals surface area (Å²) in [4.78, 5) is 17.0. The van der Waals surface area contributed by atoms with E-state index < -0.39 is 0 Å². The smallest absolute Gasteiger partial charge is 0.234 e. The SMILES string of the molecule is COc1ccc(NC(=O)CSc2nnc(-c3ccccn3)n2-c2ccc(C)cc2C)cc1. The number of anilines is 1. The van der Waals surface area contributed by atoms with Crippen molar-refractivity contribution in [1.82, 2.24) is 19.7 Å². The maximum absolute atomic E-state index is 12.5. The molecule has 7 nitrogen and oxygen atoms in total. The number of aromatic nitrogens is 4. The molecular formula is C24H23N5O2S. The largest absolute Gasteiger partial charge is 0.497 e. The first-order valence-corrected chi connectivity index (χ1v) is 11.0. The molecule has 0 saturated heterocycles. The van der Waals surface area contributed by atoms with Gasteiger partial charge < -0.3 is 10.1 Å². The first-order valence-electron chi connectivity index (χ1n) is 10.1. The molecule has 0 aliphatic rings. The Morgan fingerprint density at radius 3 is 2.56 bits per heavy atom. The quantitative estimate of drug-likeness (QED) is 0.416. The standard InChI is InChI=1S/C24H23N5O2S/c1-16-7-12-21(17(2)14-16)29-23(20-6-4-5-13-25-20)27-28-24(29)32-15-22(30)26-18-8-10-19(31-3)11-9-18/h4-14H,15H2,1-3H3,(H,26,30). The highest BCUT2D eigenvalue weighted by Crippen LogP contribution is 2.29. The van der Waals surface area contributed by atoms with Crippen molar-refractivity contribution in [1.29, 1.82) is 0 Å². The van der Waals surface area contributed by atoms with Gasteiger partial charge in [-0.2, -0.15) is 0 Å². The molecule has 4 rings (SSSR count). The molecule has 0 saturated carbocycles.